The van der Waals surface area contributed by atoms with Crippen molar-refractivity contribution in [3.05, 3.63) is 78.4 Å². The van der Waals surface area contributed by atoms with E-state index in [0.29, 0.717) is 0 Å². The van der Waals surface area contributed by atoms with E-state index in [1.54, 1.807) is 12.5 Å². The molecule has 3 aromatic rings. The van der Waals surface area contributed by atoms with Crippen LogP contribution in [-0.2, 0) is 0 Å². The van der Waals surface area contributed by atoms with E-state index < -0.39 is 6.10 Å². The Morgan fingerprint density at radius 3 is 2.73 bits per heavy atom. The van der Waals surface area contributed by atoms with E-state index >= 15 is 0 Å². The minimum atomic E-state index is -0.641. The number of imidazole rings is 1. The van der Waals surface area contributed by atoms with Crippen molar-refractivity contribution in [2.24, 2.45) is 0 Å². The monoisotopic (exact) mass is 294 g/mol. The van der Waals surface area contributed by atoms with Gasteiger partial charge in [0.1, 0.15) is 18.5 Å². The number of aryl methyl sites for hydroxylation is 1. The summed E-state index contributed by atoms with van der Waals surface area (Å²) in [5.41, 5.74) is 3.00. The lowest BCUT2D eigenvalue weighted by Gasteiger charge is -2.13. The minimum Gasteiger partial charge on any atom is -0.490 e. The highest BCUT2D eigenvalue weighted by molar-refractivity contribution is 5.39. The summed E-state index contributed by atoms with van der Waals surface area (Å²) in [6.07, 6.45) is 4.70. The molecule has 0 saturated carbocycles. The van der Waals surface area contributed by atoms with Crippen LogP contribution in [0.3, 0.4) is 0 Å². The normalized spacial score (nSPS) is 12.1. The van der Waals surface area contributed by atoms with Crippen LogP contribution in [-0.4, -0.2) is 21.3 Å². The van der Waals surface area contributed by atoms with Crippen LogP contribution < -0.4 is 4.74 Å². The molecule has 0 radical (unpaired) electrons. The predicted molar refractivity (Wildman–Crippen MR) is 85.2 cm³/mol. The van der Waals surface area contributed by atoms with E-state index in [1.807, 2.05) is 66.2 Å². The van der Waals surface area contributed by atoms with Gasteiger partial charge in [-0.25, -0.2) is 4.98 Å². The summed E-state index contributed by atoms with van der Waals surface area (Å²) in [6.45, 7) is 2.24. The molecule has 4 nitrogen and oxygen atoms in total. The van der Waals surface area contributed by atoms with Gasteiger partial charge < -0.3 is 14.4 Å². The quantitative estimate of drug-likeness (QED) is 0.785. The van der Waals surface area contributed by atoms with Gasteiger partial charge in [-0.15, -0.1) is 0 Å². The maximum Gasteiger partial charge on any atom is 0.121 e. The molecular weight excluding hydrogens is 276 g/mol. The topological polar surface area (TPSA) is 47.3 Å². The molecular formula is C18H18N2O2. The fourth-order valence-corrected chi connectivity index (χ4v) is 2.21. The van der Waals surface area contributed by atoms with Gasteiger partial charge in [0.05, 0.1) is 12.0 Å². The van der Waals surface area contributed by atoms with Crippen LogP contribution in [0.2, 0.25) is 0 Å². The molecule has 112 valence electrons. The van der Waals surface area contributed by atoms with E-state index in [-0.39, 0.29) is 6.61 Å². The number of hydrogen-bond donors (Lipinski definition) is 1. The minimum absolute atomic E-state index is 0.219. The summed E-state index contributed by atoms with van der Waals surface area (Å²) in [5.74, 6) is 0.720. The number of hydrogen-bond acceptors (Lipinski definition) is 3. The smallest absolute Gasteiger partial charge is 0.121 e. The molecule has 0 aliphatic carbocycles. The molecule has 22 heavy (non-hydrogen) atoms. The van der Waals surface area contributed by atoms with Crippen LogP contribution in [0.4, 0.5) is 0 Å². The lowest BCUT2D eigenvalue weighted by Crippen LogP contribution is -2.09. The molecule has 0 aliphatic rings. The average molecular weight is 294 g/mol. The zero-order valence-corrected chi connectivity index (χ0v) is 12.4. The maximum atomic E-state index is 10.2. The van der Waals surface area contributed by atoms with Crippen LogP contribution in [0.1, 0.15) is 17.2 Å². The van der Waals surface area contributed by atoms with E-state index in [2.05, 4.69) is 4.98 Å². The number of rotatable bonds is 5. The second-order valence-corrected chi connectivity index (χ2v) is 5.20. The van der Waals surface area contributed by atoms with E-state index in [1.165, 1.54) is 5.56 Å². The standard InChI is InChI=1S/C18H18N2O2/c1-14-5-7-15(8-6-14)18(21)12-22-17-4-2-3-16(11-17)20-10-9-19-13-20/h2-11,13,18,21H,12H2,1H3. The van der Waals surface area contributed by atoms with Crippen molar-refractivity contribution in [3.63, 3.8) is 0 Å². The first-order chi connectivity index (χ1) is 10.7. The predicted octanol–water partition coefficient (Wildman–Crippen LogP) is 3.29. The van der Waals surface area contributed by atoms with Crippen molar-refractivity contribution in [1.82, 2.24) is 9.55 Å². The zero-order chi connectivity index (χ0) is 15.4. The third-order valence-corrected chi connectivity index (χ3v) is 3.49. The fraction of sp³-hybridized carbons (Fsp3) is 0.167. The van der Waals surface area contributed by atoms with Crippen molar-refractivity contribution in [2.45, 2.75) is 13.0 Å². The number of aliphatic hydroxyl groups is 1. The first kappa shape index (κ1) is 14.4. The van der Waals surface area contributed by atoms with Gasteiger partial charge in [0.15, 0.2) is 0 Å². The van der Waals surface area contributed by atoms with Crippen LogP contribution in [0.5, 0.6) is 5.75 Å². The van der Waals surface area contributed by atoms with Crippen molar-refractivity contribution < 1.29 is 9.84 Å². The maximum absolute atomic E-state index is 10.2. The first-order valence-corrected chi connectivity index (χ1v) is 7.18. The van der Waals surface area contributed by atoms with Crippen molar-refractivity contribution in [3.8, 4) is 11.4 Å². The first-order valence-electron chi connectivity index (χ1n) is 7.18. The molecule has 1 atom stereocenters. The van der Waals surface area contributed by atoms with Gasteiger partial charge in [-0.2, -0.15) is 0 Å². The molecule has 2 aromatic carbocycles. The summed E-state index contributed by atoms with van der Waals surface area (Å²) in [6, 6.07) is 15.5. The highest BCUT2D eigenvalue weighted by Crippen LogP contribution is 2.19. The van der Waals surface area contributed by atoms with E-state index in [0.717, 1.165) is 17.0 Å². The third kappa shape index (κ3) is 3.35. The van der Waals surface area contributed by atoms with Crippen molar-refractivity contribution >= 4 is 0 Å². The Labute approximate surface area is 129 Å². The number of nitrogens with zero attached hydrogens (tertiary/aromatic N) is 2. The molecule has 1 unspecified atom stereocenters. The SMILES string of the molecule is Cc1ccc(C(O)COc2cccc(-n3ccnc3)c2)cc1. The largest absolute Gasteiger partial charge is 0.490 e. The molecule has 1 N–H and O–H groups in total. The van der Waals surface area contributed by atoms with Crippen molar-refractivity contribution in [1.29, 1.82) is 0 Å². The van der Waals surface area contributed by atoms with Crippen LogP contribution in [0, 0.1) is 6.92 Å². The van der Waals surface area contributed by atoms with Crippen molar-refractivity contribution in [2.75, 3.05) is 6.61 Å². The molecule has 1 heterocycles. The Morgan fingerprint density at radius 2 is 2.00 bits per heavy atom. The molecule has 0 saturated heterocycles. The summed E-state index contributed by atoms with van der Waals surface area (Å²) in [7, 11) is 0. The summed E-state index contributed by atoms with van der Waals surface area (Å²) in [5, 5.41) is 10.2. The average Bonchev–Trinajstić information content (AvgIpc) is 3.08. The van der Waals surface area contributed by atoms with Gasteiger partial charge in [0.25, 0.3) is 0 Å². The fourth-order valence-electron chi connectivity index (χ4n) is 2.21. The third-order valence-electron chi connectivity index (χ3n) is 3.49. The Kier molecular flexibility index (Phi) is 4.21. The van der Waals surface area contributed by atoms with Gasteiger partial charge in [-0.1, -0.05) is 35.9 Å². The molecule has 4 heteroatoms. The Morgan fingerprint density at radius 1 is 1.18 bits per heavy atom. The van der Waals surface area contributed by atoms with E-state index in [9.17, 15) is 5.11 Å². The number of aliphatic hydroxyl groups excluding tert-OH is 1. The lowest BCUT2D eigenvalue weighted by atomic mass is 10.1. The lowest BCUT2D eigenvalue weighted by molar-refractivity contribution is 0.108. The molecule has 0 fully saturated rings. The summed E-state index contributed by atoms with van der Waals surface area (Å²) in [4.78, 5) is 4.03. The van der Waals surface area contributed by atoms with Gasteiger partial charge in [0.2, 0.25) is 0 Å². The second kappa shape index (κ2) is 6.45. The molecule has 1 aromatic heterocycles. The molecule has 0 aliphatic heterocycles. The highest BCUT2D eigenvalue weighted by atomic mass is 16.5. The zero-order valence-electron chi connectivity index (χ0n) is 12.4. The van der Waals surface area contributed by atoms with Gasteiger partial charge >= 0.3 is 0 Å². The van der Waals surface area contributed by atoms with Crippen LogP contribution >= 0.6 is 0 Å². The molecule has 0 bridgehead atoms. The van der Waals surface area contributed by atoms with E-state index in [4.69, 9.17) is 4.74 Å². The number of benzene rings is 2. The van der Waals surface area contributed by atoms with Gasteiger partial charge in [-0.05, 0) is 24.6 Å². The van der Waals surface area contributed by atoms with Crippen LogP contribution in [0.15, 0.2) is 67.3 Å². The van der Waals surface area contributed by atoms with Crippen LogP contribution in [0.25, 0.3) is 5.69 Å². The molecule has 0 spiro atoms. The van der Waals surface area contributed by atoms with Gasteiger partial charge in [0, 0.05) is 18.5 Å². The highest BCUT2D eigenvalue weighted by Gasteiger charge is 2.08. The molecule has 0 amide bonds. The Bertz CT molecular complexity index is 721. The number of ether oxygens (including phenoxy) is 1. The number of aromatic nitrogens is 2. The Hall–Kier alpha value is -2.59. The Balaban J connectivity index is 1.66. The van der Waals surface area contributed by atoms with Gasteiger partial charge in [-0.3, -0.25) is 0 Å². The second-order valence-electron chi connectivity index (χ2n) is 5.20. The summed E-state index contributed by atoms with van der Waals surface area (Å²) < 4.78 is 7.61. The molecule has 3 rings (SSSR count). The summed E-state index contributed by atoms with van der Waals surface area (Å²) >= 11 is 0.